The van der Waals surface area contributed by atoms with Crippen molar-refractivity contribution >= 4 is 50.7 Å². The van der Waals surface area contributed by atoms with Crippen LogP contribution in [-0.4, -0.2) is 57.6 Å². The van der Waals surface area contributed by atoms with Gasteiger partial charge in [-0.2, -0.15) is 0 Å². The molecule has 0 fully saturated rings. The molecule has 0 heterocycles. The standard InChI is InChI=1S/C28H31Cl2N3O5S/c1-4-31-28(35)26(14-20-9-6-5-7-10-20)32(18-21-11-8-12-25(13-21)38-2)27(34)19-33(39(3,36)37)24-16-22(29)15-23(30)17-24/h5-13,15-17,26H,4,14,18-19H2,1-3H3,(H,31,35)/t26-/m1/s1. The fourth-order valence-corrected chi connectivity index (χ4v) is 5.46. The van der Waals surface area contributed by atoms with Crippen LogP contribution in [0.2, 0.25) is 10.0 Å². The fourth-order valence-electron chi connectivity index (χ4n) is 4.11. The third kappa shape index (κ3) is 8.61. The second kappa shape index (κ2) is 13.7. The molecule has 0 bridgehead atoms. The third-order valence-electron chi connectivity index (χ3n) is 5.92. The van der Waals surface area contributed by atoms with Crippen molar-refractivity contribution in [3.05, 3.63) is 94.0 Å². The molecule has 39 heavy (non-hydrogen) atoms. The fraction of sp³-hybridized carbons (Fsp3) is 0.286. The van der Waals surface area contributed by atoms with E-state index in [1.165, 1.54) is 30.2 Å². The van der Waals surface area contributed by atoms with Crippen molar-refractivity contribution in [2.24, 2.45) is 0 Å². The Bertz CT molecular complexity index is 1380. The first kappa shape index (κ1) is 30.3. The van der Waals surface area contributed by atoms with Crippen molar-refractivity contribution in [3.8, 4) is 5.75 Å². The largest absolute Gasteiger partial charge is 0.497 e. The summed E-state index contributed by atoms with van der Waals surface area (Å²) < 4.78 is 31.9. The molecule has 3 aromatic rings. The van der Waals surface area contributed by atoms with Crippen LogP contribution in [0.4, 0.5) is 5.69 Å². The summed E-state index contributed by atoms with van der Waals surface area (Å²) in [5.41, 5.74) is 1.70. The van der Waals surface area contributed by atoms with Gasteiger partial charge in [0.05, 0.1) is 19.1 Å². The van der Waals surface area contributed by atoms with Gasteiger partial charge in [-0.05, 0) is 48.4 Å². The summed E-state index contributed by atoms with van der Waals surface area (Å²) >= 11 is 12.3. The van der Waals surface area contributed by atoms with E-state index in [1.54, 1.807) is 25.1 Å². The minimum Gasteiger partial charge on any atom is -0.497 e. The molecule has 3 rings (SSSR count). The molecule has 1 N–H and O–H groups in total. The summed E-state index contributed by atoms with van der Waals surface area (Å²) in [6.07, 6.45) is 1.22. The van der Waals surface area contributed by atoms with Gasteiger partial charge >= 0.3 is 0 Å². The lowest BCUT2D eigenvalue weighted by molar-refractivity contribution is -0.140. The summed E-state index contributed by atoms with van der Waals surface area (Å²) in [7, 11) is -2.39. The monoisotopic (exact) mass is 591 g/mol. The highest BCUT2D eigenvalue weighted by atomic mass is 35.5. The van der Waals surface area contributed by atoms with Gasteiger partial charge in [-0.1, -0.05) is 65.7 Å². The Balaban J connectivity index is 2.07. The van der Waals surface area contributed by atoms with Crippen LogP contribution < -0.4 is 14.4 Å². The van der Waals surface area contributed by atoms with Gasteiger partial charge in [0.15, 0.2) is 0 Å². The number of hydrogen-bond acceptors (Lipinski definition) is 5. The summed E-state index contributed by atoms with van der Waals surface area (Å²) in [6.45, 7) is 1.63. The van der Waals surface area contributed by atoms with E-state index in [2.05, 4.69) is 5.32 Å². The molecular formula is C28H31Cl2N3O5S. The lowest BCUT2D eigenvalue weighted by Crippen LogP contribution is -2.53. The number of benzene rings is 3. The quantitative estimate of drug-likeness (QED) is 0.333. The lowest BCUT2D eigenvalue weighted by Gasteiger charge is -2.33. The van der Waals surface area contributed by atoms with Gasteiger partial charge in [-0.25, -0.2) is 8.42 Å². The minimum absolute atomic E-state index is 0.0402. The SMILES string of the molecule is CCNC(=O)[C@@H](Cc1ccccc1)N(Cc1cccc(OC)c1)C(=O)CN(c1cc(Cl)cc(Cl)c1)S(C)(=O)=O. The highest BCUT2D eigenvalue weighted by molar-refractivity contribution is 7.92. The van der Waals surface area contributed by atoms with E-state index < -0.39 is 28.5 Å². The van der Waals surface area contributed by atoms with Crippen LogP contribution in [0.5, 0.6) is 5.75 Å². The maximum Gasteiger partial charge on any atom is 0.244 e. The smallest absolute Gasteiger partial charge is 0.244 e. The van der Waals surface area contributed by atoms with Crippen molar-refractivity contribution in [1.82, 2.24) is 10.2 Å². The van der Waals surface area contributed by atoms with Crippen LogP contribution in [0.15, 0.2) is 72.8 Å². The number of rotatable bonds is 12. The Hall–Kier alpha value is -3.27. The Kier molecular flexibility index (Phi) is 10.6. The Labute approximate surface area is 239 Å². The second-order valence-electron chi connectivity index (χ2n) is 8.87. The number of carbonyl (C=O) groups is 2. The minimum atomic E-state index is -3.93. The molecule has 0 aliphatic heterocycles. The van der Waals surface area contributed by atoms with E-state index in [1.807, 2.05) is 36.4 Å². The molecule has 0 aliphatic carbocycles. The van der Waals surface area contributed by atoms with Crippen LogP contribution in [0.1, 0.15) is 18.1 Å². The van der Waals surface area contributed by atoms with Gasteiger partial charge in [0.1, 0.15) is 18.3 Å². The first-order valence-corrected chi connectivity index (χ1v) is 14.8. The molecule has 3 aromatic carbocycles. The number of nitrogens with one attached hydrogen (secondary N) is 1. The second-order valence-corrected chi connectivity index (χ2v) is 11.7. The highest BCUT2D eigenvalue weighted by Gasteiger charge is 2.33. The predicted octanol–water partition coefficient (Wildman–Crippen LogP) is 4.54. The summed E-state index contributed by atoms with van der Waals surface area (Å²) in [4.78, 5) is 28.7. The summed E-state index contributed by atoms with van der Waals surface area (Å²) in [6, 6.07) is 19.8. The normalized spacial score (nSPS) is 11.9. The summed E-state index contributed by atoms with van der Waals surface area (Å²) in [5.74, 6) is -0.343. The molecule has 0 saturated carbocycles. The molecule has 0 saturated heterocycles. The van der Waals surface area contributed by atoms with E-state index in [9.17, 15) is 18.0 Å². The molecule has 0 unspecified atom stereocenters. The van der Waals surface area contributed by atoms with Gasteiger partial charge in [-0.3, -0.25) is 13.9 Å². The number of nitrogens with zero attached hydrogens (tertiary/aromatic N) is 2. The molecule has 2 amide bonds. The molecule has 1 atom stereocenters. The van der Waals surface area contributed by atoms with Crippen molar-refractivity contribution in [3.63, 3.8) is 0 Å². The van der Waals surface area contributed by atoms with E-state index in [0.29, 0.717) is 17.9 Å². The molecule has 8 nitrogen and oxygen atoms in total. The average Bonchev–Trinajstić information content (AvgIpc) is 2.88. The van der Waals surface area contributed by atoms with Gasteiger partial charge < -0.3 is 15.0 Å². The Morgan fingerprint density at radius 1 is 0.949 bits per heavy atom. The number of anilines is 1. The Morgan fingerprint density at radius 2 is 1.59 bits per heavy atom. The molecule has 0 spiro atoms. The van der Waals surface area contributed by atoms with Crippen LogP contribution in [0.3, 0.4) is 0 Å². The molecular weight excluding hydrogens is 561 g/mol. The van der Waals surface area contributed by atoms with Gasteiger partial charge in [-0.15, -0.1) is 0 Å². The number of ether oxygens (including phenoxy) is 1. The van der Waals surface area contributed by atoms with Crippen molar-refractivity contribution < 1.29 is 22.7 Å². The first-order chi connectivity index (χ1) is 18.5. The highest BCUT2D eigenvalue weighted by Crippen LogP contribution is 2.28. The predicted molar refractivity (Wildman–Crippen MR) is 155 cm³/mol. The number of hydrogen-bond donors (Lipinski definition) is 1. The van der Waals surface area contributed by atoms with Crippen LogP contribution in [0.25, 0.3) is 0 Å². The zero-order valence-electron chi connectivity index (χ0n) is 21.9. The van der Waals surface area contributed by atoms with Crippen molar-refractivity contribution in [1.29, 1.82) is 0 Å². The van der Waals surface area contributed by atoms with Crippen LogP contribution >= 0.6 is 23.2 Å². The molecule has 208 valence electrons. The van der Waals surface area contributed by atoms with Gasteiger partial charge in [0, 0.05) is 29.6 Å². The van der Waals surface area contributed by atoms with E-state index >= 15 is 0 Å². The number of sulfonamides is 1. The Morgan fingerprint density at radius 3 is 2.18 bits per heavy atom. The molecule has 0 radical (unpaired) electrons. The van der Waals surface area contributed by atoms with E-state index in [4.69, 9.17) is 27.9 Å². The number of halogens is 2. The zero-order chi connectivity index (χ0) is 28.6. The third-order valence-corrected chi connectivity index (χ3v) is 7.50. The summed E-state index contributed by atoms with van der Waals surface area (Å²) in [5, 5.41) is 3.25. The molecule has 11 heteroatoms. The maximum absolute atomic E-state index is 14.0. The first-order valence-electron chi connectivity index (χ1n) is 12.2. The lowest BCUT2D eigenvalue weighted by atomic mass is 10.0. The van der Waals surface area contributed by atoms with Crippen molar-refractivity contribution in [2.75, 3.05) is 30.8 Å². The molecule has 0 aliphatic rings. The maximum atomic E-state index is 14.0. The number of methoxy groups -OCH3 is 1. The van der Waals surface area contributed by atoms with Gasteiger partial charge in [0.2, 0.25) is 21.8 Å². The number of amides is 2. The van der Waals surface area contributed by atoms with E-state index in [0.717, 1.165) is 16.1 Å². The van der Waals surface area contributed by atoms with Crippen LogP contribution in [0, 0.1) is 0 Å². The van der Waals surface area contributed by atoms with Crippen molar-refractivity contribution in [2.45, 2.75) is 25.9 Å². The van der Waals surface area contributed by atoms with Crippen LogP contribution in [-0.2, 0) is 32.6 Å². The van der Waals surface area contributed by atoms with Gasteiger partial charge in [0.25, 0.3) is 0 Å². The zero-order valence-corrected chi connectivity index (χ0v) is 24.3. The average molecular weight is 593 g/mol. The van der Waals surface area contributed by atoms with E-state index in [-0.39, 0.29) is 34.6 Å². The number of carbonyl (C=O) groups excluding carboxylic acids is 2. The number of likely N-dealkylation sites (N-methyl/N-ethyl adjacent to an activating group) is 1. The molecule has 0 aromatic heterocycles. The topological polar surface area (TPSA) is 96.0 Å².